The van der Waals surface area contributed by atoms with Crippen LogP contribution in [0.2, 0.25) is 0 Å². The predicted octanol–water partition coefficient (Wildman–Crippen LogP) is 3.55. The summed E-state index contributed by atoms with van der Waals surface area (Å²) in [5.41, 5.74) is 4.51. The van der Waals surface area contributed by atoms with Crippen LogP contribution in [0, 0.1) is 11.8 Å². The van der Waals surface area contributed by atoms with E-state index in [4.69, 9.17) is 0 Å². The summed E-state index contributed by atoms with van der Waals surface area (Å²) in [6.07, 6.45) is 7.29. The minimum Gasteiger partial charge on any atom is -0.303 e. The number of nitrogens with zero attached hydrogens (tertiary/aromatic N) is 3. The molecule has 0 aromatic heterocycles. The molecular formula is C24H34N4O2. The molecule has 162 valence electrons. The second-order valence-electron chi connectivity index (χ2n) is 9.40. The van der Waals surface area contributed by atoms with Gasteiger partial charge in [0.1, 0.15) is 0 Å². The zero-order valence-corrected chi connectivity index (χ0v) is 18.4. The quantitative estimate of drug-likeness (QED) is 0.772. The van der Waals surface area contributed by atoms with Crippen LogP contribution in [-0.4, -0.2) is 47.6 Å². The number of hydrogen-bond acceptors (Lipinski definition) is 4. The third-order valence-corrected chi connectivity index (χ3v) is 7.23. The average Bonchev–Trinajstić information content (AvgIpc) is 3.03. The first kappa shape index (κ1) is 21.0. The molecule has 1 saturated heterocycles. The maximum atomic E-state index is 13.2. The number of fused-ring (bicyclic) bond motifs is 1. The number of carbonyl (C=O) groups is 2. The summed E-state index contributed by atoms with van der Waals surface area (Å²) in [4.78, 5) is 29.1. The molecule has 0 radical (unpaired) electrons. The molecule has 2 aliphatic heterocycles. The minimum atomic E-state index is -0.272. The van der Waals surface area contributed by atoms with E-state index in [1.807, 2.05) is 29.2 Å². The predicted molar refractivity (Wildman–Crippen MR) is 119 cm³/mol. The summed E-state index contributed by atoms with van der Waals surface area (Å²) in [6.45, 7) is 8.20. The van der Waals surface area contributed by atoms with Gasteiger partial charge in [0.05, 0.1) is 5.69 Å². The molecule has 0 unspecified atom stereocenters. The zero-order valence-electron chi connectivity index (χ0n) is 18.4. The number of anilines is 1. The van der Waals surface area contributed by atoms with Crippen molar-refractivity contribution < 1.29 is 9.59 Å². The highest BCUT2D eigenvalue weighted by Gasteiger charge is 2.40. The van der Waals surface area contributed by atoms with E-state index in [0.717, 1.165) is 49.0 Å². The minimum absolute atomic E-state index is 0.0964. The van der Waals surface area contributed by atoms with Gasteiger partial charge >= 0.3 is 0 Å². The van der Waals surface area contributed by atoms with Crippen molar-refractivity contribution in [1.82, 2.24) is 10.3 Å². The van der Waals surface area contributed by atoms with E-state index in [2.05, 4.69) is 29.3 Å². The molecule has 1 saturated carbocycles. The van der Waals surface area contributed by atoms with Crippen molar-refractivity contribution in [3.8, 4) is 0 Å². The molecule has 2 fully saturated rings. The highest BCUT2D eigenvalue weighted by Crippen LogP contribution is 2.36. The van der Waals surface area contributed by atoms with Crippen molar-refractivity contribution >= 4 is 23.2 Å². The number of nitrogens with one attached hydrogen (secondary N) is 1. The first-order valence-electron chi connectivity index (χ1n) is 11.5. The number of para-hydroxylation sites is 1. The third kappa shape index (κ3) is 4.15. The molecule has 4 rings (SSSR count). The molecule has 1 aromatic rings. The van der Waals surface area contributed by atoms with Gasteiger partial charge in [0.15, 0.2) is 5.71 Å². The van der Waals surface area contributed by atoms with Crippen molar-refractivity contribution in [2.45, 2.75) is 71.4 Å². The molecule has 6 nitrogen and oxygen atoms in total. The van der Waals surface area contributed by atoms with Crippen LogP contribution < -0.4 is 10.3 Å². The van der Waals surface area contributed by atoms with Gasteiger partial charge in [-0.3, -0.25) is 9.59 Å². The Balaban J connectivity index is 1.42. The number of piperidine rings is 1. The van der Waals surface area contributed by atoms with Crippen LogP contribution in [0.3, 0.4) is 0 Å². The summed E-state index contributed by atoms with van der Waals surface area (Å²) >= 11 is 0. The van der Waals surface area contributed by atoms with Crippen molar-refractivity contribution in [3.05, 3.63) is 29.8 Å². The normalized spacial score (nSPS) is 27.0. The van der Waals surface area contributed by atoms with Gasteiger partial charge in [0.2, 0.25) is 5.91 Å². The lowest BCUT2D eigenvalue weighted by molar-refractivity contribution is -0.118. The van der Waals surface area contributed by atoms with Crippen LogP contribution in [0.4, 0.5) is 5.69 Å². The van der Waals surface area contributed by atoms with Crippen LogP contribution in [0.15, 0.2) is 29.4 Å². The van der Waals surface area contributed by atoms with E-state index in [1.54, 1.807) is 0 Å². The summed E-state index contributed by atoms with van der Waals surface area (Å²) in [5, 5.41) is 4.12. The fourth-order valence-corrected chi connectivity index (χ4v) is 5.47. The van der Waals surface area contributed by atoms with Gasteiger partial charge in [0, 0.05) is 37.7 Å². The van der Waals surface area contributed by atoms with Crippen molar-refractivity contribution in [2.24, 2.45) is 16.9 Å². The maximum Gasteiger partial charge on any atom is 0.279 e. The first-order valence-corrected chi connectivity index (χ1v) is 11.5. The van der Waals surface area contributed by atoms with Gasteiger partial charge in [-0.15, -0.1) is 0 Å². The van der Waals surface area contributed by atoms with Crippen molar-refractivity contribution in [2.75, 3.05) is 18.0 Å². The fraction of sp³-hybridized carbons (Fsp3) is 0.625. The van der Waals surface area contributed by atoms with Crippen LogP contribution in [0.25, 0.3) is 0 Å². The van der Waals surface area contributed by atoms with E-state index in [9.17, 15) is 9.59 Å². The number of hydrogen-bond donors (Lipinski definition) is 1. The molecule has 1 N–H and O–H groups in total. The van der Waals surface area contributed by atoms with E-state index >= 15 is 0 Å². The second-order valence-corrected chi connectivity index (χ2v) is 9.40. The third-order valence-electron chi connectivity index (χ3n) is 7.23. The molecule has 1 aliphatic carbocycles. The number of rotatable bonds is 4. The maximum absolute atomic E-state index is 13.2. The largest absolute Gasteiger partial charge is 0.303 e. The lowest BCUT2D eigenvalue weighted by atomic mass is 9.79. The van der Waals surface area contributed by atoms with Gasteiger partial charge in [-0.2, -0.15) is 5.10 Å². The van der Waals surface area contributed by atoms with Crippen LogP contribution in [-0.2, 0) is 9.59 Å². The molecule has 1 aromatic carbocycles. The van der Waals surface area contributed by atoms with Gasteiger partial charge in [0.25, 0.3) is 5.91 Å². The topological polar surface area (TPSA) is 65.0 Å². The first-order chi connectivity index (χ1) is 14.5. The number of hydrazone groups is 1. The number of benzene rings is 1. The Hall–Kier alpha value is -2.21. The Labute approximate surface area is 179 Å². The van der Waals surface area contributed by atoms with Gasteiger partial charge in [-0.25, -0.2) is 5.43 Å². The van der Waals surface area contributed by atoms with Crippen molar-refractivity contribution in [3.63, 3.8) is 0 Å². The molecule has 2 amide bonds. The van der Waals surface area contributed by atoms with Gasteiger partial charge in [-0.1, -0.05) is 32.0 Å². The van der Waals surface area contributed by atoms with E-state index in [1.165, 1.54) is 32.6 Å². The fourth-order valence-electron chi connectivity index (χ4n) is 5.47. The Kier molecular flexibility index (Phi) is 6.23. The Bertz CT molecular complexity index is 818. The average molecular weight is 411 g/mol. The molecule has 0 bridgehead atoms. The highest BCUT2D eigenvalue weighted by atomic mass is 16.2. The number of amides is 2. The van der Waals surface area contributed by atoms with E-state index < -0.39 is 0 Å². The molecule has 0 spiro atoms. The SMILES string of the molecule is CC(=O)N/N=C1\C(=O)N(C2CCN(C3CCC(C(C)C)CC3)CC2)c2ccccc21. The molecule has 0 atom stereocenters. The monoisotopic (exact) mass is 410 g/mol. The summed E-state index contributed by atoms with van der Waals surface area (Å²) in [7, 11) is 0. The van der Waals surface area contributed by atoms with E-state index in [-0.39, 0.29) is 17.9 Å². The molecule has 6 heteroatoms. The standard InChI is InChI=1S/C24H34N4O2/c1-16(2)18-8-10-19(11-9-18)27-14-12-20(13-15-27)28-22-7-5-4-6-21(22)23(24(28)30)26-25-17(3)29/h4-7,16,18-20H,8-15H2,1-3H3,(H,25,29)/b26-23-. The molecular weight excluding hydrogens is 376 g/mol. The van der Waals surface area contributed by atoms with Gasteiger partial charge < -0.3 is 9.80 Å². The summed E-state index contributed by atoms with van der Waals surface area (Å²) < 4.78 is 0. The Morgan fingerprint density at radius 1 is 1.03 bits per heavy atom. The second kappa shape index (κ2) is 8.88. The van der Waals surface area contributed by atoms with Crippen LogP contribution in [0.1, 0.15) is 64.9 Å². The van der Waals surface area contributed by atoms with Crippen LogP contribution in [0.5, 0.6) is 0 Å². The Morgan fingerprint density at radius 2 is 1.70 bits per heavy atom. The molecule has 30 heavy (non-hydrogen) atoms. The number of likely N-dealkylation sites (tertiary alicyclic amines) is 1. The summed E-state index contributed by atoms with van der Waals surface area (Å²) in [5.74, 6) is 1.32. The summed E-state index contributed by atoms with van der Waals surface area (Å²) in [6, 6.07) is 8.67. The lowest BCUT2D eigenvalue weighted by Crippen LogP contribution is -2.50. The Morgan fingerprint density at radius 3 is 2.33 bits per heavy atom. The molecule has 2 heterocycles. The van der Waals surface area contributed by atoms with E-state index in [0.29, 0.717) is 11.8 Å². The highest BCUT2D eigenvalue weighted by molar-refractivity contribution is 6.54. The van der Waals surface area contributed by atoms with Crippen molar-refractivity contribution in [1.29, 1.82) is 0 Å². The van der Waals surface area contributed by atoms with Crippen LogP contribution >= 0.6 is 0 Å². The lowest BCUT2D eigenvalue weighted by Gasteiger charge is -2.43. The van der Waals surface area contributed by atoms with Gasteiger partial charge in [-0.05, 0) is 56.4 Å². The number of carbonyl (C=O) groups excluding carboxylic acids is 2. The smallest absolute Gasteiger partial charge is 0.279 e. The molecule has 3 aliphatic rings. The zero-order chi connectivity index (χ0) is 21.3.